The predicted octanol–water partition coefficient (Wildman–Crippen LogP) is 0.943. The molecule has 0 radical (unpaired) electrons. The van der Waals surface area contributed by atoms with Crippen LogP contribution in [-0.4, -0.2) is 120 Å². The van der Waals surface area contributed by atoms with Crippen molar-refractivity contribution in [2.24, 2.45) is 50.2 Å². The van der Waals surface area contributed by atoms with Crippen molar-refractivity contribution in [2.75, 3.05) is 13.2 Å². The Morgan fingerprint density at radius 3 is 2.12 bits per heavy atom. The van der Waals surface area contributed by atoms with Gasteiger partial charge in [0.1, 0.15) is 18.3 Å². The molecule has 274 valence electrons. The number of hydrogen-bond acceptors (Lipinski definition) is 11. The van der Waals surface area contributed by atoms with Crippen LogP contribution in [0.3, 0.4) is 0 Å². The summed E-state index contributed by atoms with van der Waals surface area (Å²) in [5.74, 6) is -1.69. The Bertz CT molecular complexity index is 1310. The normalized spacial score (nSPS) is 56.2. The van der Waals surface area contributed by atoms with Gasteiger partial charge in [-0.2, -0.15) is 0 Å². The molecule has 48 heavy (non-hydrogen) atoms. The number of carboxylic acid groups (broad SMARTS) is 1. The van der Waals surface area contributed by atoms with Crippen molar-refractivity contribution >= 4 is 5.97 Å². The molecule has 1 aliphatic heterocycles. The molecule has 2 unspecified atom stereocenters. The number of allylic oxidation sites excluding steroid dienone is 2. The summed E-state index contributed by atoms with van der Waals surface area (Å²) < 4.78 is 11.7. The van der Waals surface area contributed by atoms with Crippen LogP contribution < -0.4 is 0 Å². The van der Waals surface area contributed by atoms with Crippen molar-refractivity contribution in [1.82, 2.24) is 0 Å². The minimum atomic E-state index is -1.83. The van der Waals surface area contributed by atoms with Crippen LogP contribution in [0.25, 0.3) is 0 Å². The number of rotatable bonds is 5. The van der Waals surface area contributed by atoms with Crippen LogP contribution in [-0.2, 0) is 14.3 Å². The summed E-state index contributed by atoms with van der Waals surface area (Å²) in [6.07, 6.45) is -6.04. The number of hydrogen-bond donors (Lipinski definition) is 9. The van der Waals surface area contributed by atoms with Crippen LogP contribution in [0.5, 0.6) is 0 Å². The summed E-state index contributed by atoms with van der Waals surface area (Å²) in [5, 5.41) is 97.2. The first kappa shape index (κ1) is 36.6. The lowest BCUT2D eigenvalue weighted by Crippen LogP contribution is -2.71. The molecule has 12 heteroatoms. The number of fused-ring (bicyclic) bond motifs is 7. The van der Waals surface area contributed by atoms with E-state index < -0.39 is 89.4 Å². The van der Waals surface area contributed by atoms with Crippen LogP contribution >= 0.6 is 0 Å². The second-order valence-corrected chi connectivity index (χ2v) is 18.0. The summed E-state index contributed by atoms with van der Waals surface area (Å²) in [6, 6.07) is 0. The predicted molar refractivity (Wildman–Crippen MR) is 171 cm³/mol. The Kier molecular flexibility index (Phi) is 8.89. The highest BCUT2D eigenvalue weighted by atomic mass is 16.7. The molecule has 0 amide bonds. The number of aliphatic hydroxyl groups is 8. The molecule has 1 saturated heterocycles. The molecular formula is C36H58O12. The molecule has 0 spiro atoms. The van der Waals surface area contributed by atoms with E-state index in [1.165, 1.54) is 0 Å². The number of ether oxygens (including phenoxy) is 2. The molecular weight excluding hydrogens is 624 g/mol. The van der Waals surface area contributed by atoms with E-state index in [0.29, 0.717) is 25.7 Å². The Balaban J connectivity index is 1.33. The third kappa shape index (κ3) is 4.60. The fourth-order valence-electron chi connectivity index (χ4n) is 12.5. The molecule has 1 heterocycles. The first-order valence-corrected chi connectivity index (χ1v) is 17.8. The van der Waals surface area contributed by atoms with Gasteiger partial charge in [0.15, 0.2) is 12.4 Å². The fourth-order valence-corrected chi connectivity index (χ4v) is 12.5. The van der Waals surface area contributed by atoms with E-state index in [0.717, 1.165) is 24.8 Å². The summed E-state index contributed by atoms with van der Waals surface area (Å²) in [5.41, 5.74) is -2.56. The smallest absolute Gasteiger partial charge is 0.335 e. The van der Waals surface area contributed by atoms with E-state index in [1.54, 1.807) is 0 Å². The summed E-state index contributed by atoms with van der Waals surface area (Å²) in [6.45, 7) is 12.0. The minimum absolute atomic E-state index is 0.0347. The van der Waals surface area contributed by atoms with E-state index in [9.17, 15) is 50.8 Å². The highest BCUT2D eigenvalue weighted by Gasteiger charge is 2.72. The van der Waals surface area contributed by atoms with Gasteiger partial charge in [-0.15, -0.1) is 0 Å². The molecule has 5 fully saturated rings. The first-order valence-electron chi connectivity index (χ1n) is 17.8. The summed E-state index contributed by atoms with van der Waals surface area (Å²) >= 11 is 0. The lowest BCUT2D eigenvalue weighted by atomic mass is 9.33. The molecule has 12 nitrogen and oxygen atoms in total. The Morgan fingerprint density at radius 1 is 0.854 bits per heavy atom. The molecule has 0 aromatic carbocycles. The minimum Gasteiger partial charge on any atom is -0.479 e. The standard InChI is InChI=1S/C36H58O12/c1-31(2)13-18-17-7-8-20-32(3)11-10-22(47-30-25(42)23(40)24(41)26(48-30)29(45)46)33(4,15-37)19(32)9-12-34(20,5)35(17,6)14-21(39)36(18,16-38)28(44)27(31)43/h7,18-28,30,37-44H,8-16H2,1-6H3,(H,45,46)/t18-,19?,20?,21-,22-,23-,24-,25+,26-,27-,28-,30+,32-,33-,34+,35+,36-/m0/s1. The molecule has 0 aromatic heterocycles. The molecule has 5 aliphatic carbocycles. The number of aliphatic hydroxyl groups excluding tert-OH is 8. The molecule has 6 rings (SSSR count). The third-order valence-electron chi connectivity index (χ3n) is 15.6. The van der Waals surface area contributed by atoms with Crippen LogP contribution in [0.2, 0.25) is 0 Å². The highest BCUT2D eigenvalue weighted by Crippen LogP contribution is 2.75. The maximum atomic E-state index is 11.9. The number of aliphatic carboxylic acids is 1. The number of carboxylic acids is 1. The van der Waals surface area contributed by atoms with Gasteiger partial charge in [-0.1, -0.05) is 53.2 Å². The average Bonchev–Trinajstić information content (AvgIpc) is 3.01. The third-order valence-corrected chi connectivity index (χ3v) is 15.6. The lowest BCUT2D eigenvalue weighted by molar-refractivity contribution is -0.328. The second-order valence-electron chi connectivity index (χ2n) is 18.0. The van der Waals surface area contributed by atoms with Crippen molar-refractivity contribution in [3.8, 4) is 0 Å². The Morgan fingerprint density at radius 2 is 1.52 bits per heavy atom. The van der Waals surface area contributed by atoms with E-state index in [2.05, 4.69) is 26.8 Å². The van der Waals surface area contributed by atoms with Gasteiger partial charge in [0, 0.05) is 5.41 Å². The van der Waals surface area contributed by atoms with E-state index in [-0.39, 0.29) is 35.2 Å². The van der Waals surface area contributed by atoms with Gasteiger partial charge in [0.2, 0.25) is 0 Å². The topological polar surface area (TPSA) is 218 Å². The molecule has 0 bridgehead atoms. The van der Waals surface area contributed by atoms with E-state index >= 15 is 0 Å². The van der Waals surface area contributed by atoms with Crippen LogP contribution in [0, 0.1) is 50.2 Å². The van der Waals surface area contributed by atoms with Crippen molar-refractivity contribution < 1.29 is 60.2 Å². The largest absolute Gasteiger partial charge is 0.479 e. The van der Waals surface area contributed by atoms with Crippen molar-refractivity contribution in [3.05, 3.63) is 11.6 Å². The molecule has 6 aliphatic rings. The molecule has 0 aromatic rings. The summed E-state index contributed by atoms with van der Waals surface area (Å²) in [4.78, 5) is 11.7. The maximum absolute atomic E-state index is 11.9. The number of carbonyl (C=O) groups is 1. The zero-order valence-electron chi connectivity index (χ0n) is 29.1. The first-order chi connectivity index (χ1) is 22.2. The zero-order chi connectivity index (χ0) is 35.6. The van der Waals surface area contributed by atoms with Crippen molar-refractivity contribution in [2.45, 2.75) is 142 Å². The van der Waals surface area contributed by atoms with Gasteiger partial charge < -0.3 is 55.4 Å². The van der Waals surface area contributed by atoms with Gasteiger partial charge in [0.25, 0.3) is 0 Å². The molecule has 9 N–H and O–H groups in total. The van der Waals surface area contributed by atoms with Crippen LogP contribution in [0.4, 0.5) is 0 Å². The van der Waals surface area contributed by atoms with Crippen molar-refractivity contribution in [1.29, 1.82) is 0 Å². The van der Waals surface area contributed by atoms with Crippen molar-refractivity contribution in [3.63, 3.8) is 0 Å². The lowest BCUT2D eigenvalue weighted by Gasteiger charge is -2.72. The highest BCUT2D eigenvalue weighted by molar-refractivity contribution is 5.73. The zero-order valence-corrected chi connectivity index (χ0v) is 29.1. The van der Waals surface area contributed by atoms with E-state index in [1.807, 2.05) is 20.8 Å². The SMILES string of the molecule is CC1(C)C[C@H]2C3=CCC4[C@@]5(C)CC[C@H](O[C@@H]6O[C@H](C(=O)O)[C@@H](O)[C@H](O)[C@H]6O)[C@@](C)(CO)C5CC[C@@]4(C)[C@]3(C)C[C@H](O)[C@@]2(CO)[C@@H](O)[C@@H]1O. The van der Waals surface area contributed by atoms with Crippen LogP contribution in [0.15, 0.2) is 11.6 Å². The quantitative estimate of drug-likeness (QED) is 0.146. The van der Waals surface area contributed by atoms with Crippen LogP contribution in [0.1, 0.15) is 86.5 Å². The van der Waals surface area contributed by atoms with E-state index in [4.69, 9.17) is 9.47 Å². The van der Waals surface area contributed by atoms with Gasteiger partial charge in [-0.05, 0) is 84.4 Å². The maximum Gasteiger partial charge on any atom is 0.335 e. The monoisotopic (exact) mass is 682 g/mol. The summed E-state index contributed by atoms with van der Waals surface area (Å²) in [7, 11) is 0. The van der Waals surface area contributed by atoms with Gasteiger partial charge in [-0.25, -0.2) is 4.79 Å². The molecule has 17 atom stereocenters. The van der Waals surface area contributed by atoms with Gasteiger partial charge in [0.05, 0.1) is 43.0 Å². The Hall–Kier alpha value is -1.19. The Labute approximate surface area is 282 Å². The van der Waals surface area contributed by atoms with Gasteiger partial charge >= 0.3 is 5.97 Å². The molecule has 4 saturated carbocycles. The second kappa shape index (κ2) is 11.7. The fraction of sp³-hybridized carbons (Fsp3) is 0.917. The van der Waals surface area contributed by atoms with Gasteiger partial charge in [-0.3, -0.25) is 0 Å². The average molecular weight is 683 g/mol.